The normalized spacial score (nSPS) is 18.7. The standard InChI is InChI=1S/C21H28N4O2/c1-13(12-26)22-19-10-20(24-21(23-19)15-3-4-15)25-8-7-17-9-16(14(2)27)5-6-18(17)11-25/h5-6,9-10,13-15,26-27H,3-4,7-8,11-12H2,1-2H3,(H,22,23,24)/t13-,14-/m1/s1. The molecular weight excluding hydrogens is 340 g/mol. The number of rotatable bonds is 6. The highest BCUT2D eigenvalue weighted by atomic mass is 16.3. The van der Waals surface area contributed by atoms with Crippen molar-refractivity contribution >= 4 is 11.6 Å². The average Bonchev–Trinajstić information content (AvgIpc) is 3.52. The molecule has 1 saturated carbocycles. The van der Waals surface area contributed by atoms with E-state index in [0.29, 0.717) is 5.92 Å². The summed E-state index contributed by atoms with van der Waals surface area (Å²) in [5, 5.41) is 22.4. The molecule has 0 amide bonds. The second kappa shape index (κ2) is 7.44. The van der Waals surface area contributed by atoms with E-state index < -0.39 is 6.10 Å². The second-order valence-electron chi connectivity index (χ2n) is 7.85. The summed E-state index contributed by atoms with van der Waals surface area (Å²) in [6.07, 6.45) is 2.82. The van der Waals surface area contributed by atoms with Crippen LogP contribution in [-0.4, -0.2) is 39.4 Å². The number of hydrogen-bond acceptors (Lipinski definition) is 6. The summed E-state index contributed by atoms with van der Waals surface area (Å²) in [5.74, 6) is 3.12. The van der Waals surface area contributed by atoms with E-state index in [2.05, 4.69) is 27.3 Å². The fourth-order valence-electron chi connectivity index (χ4n) is 3.54. The van der Waals surface area contributed by atoms with Crippen molar-refractivity contribution in [1.82, 2.24) is 9.97 Å². The molecule has 1 aromatic heterocycles. The third-order valence-electron chi connectivity index (χ3n) is 5.39. The Labute approximate surface area is 160 Å². The first-order valence-corrected chi connectivity index (χ1v) is 9.84. The summed E-state index contributed by atoms with van der Waals surface area (Å²) in [6, 6.07) is 8.22. The zero-order valence-electron chi connectivity index (χ0n) is 16.0. The van der Waals surface area contributed by atoms with Gasteiger partial charge in [0.25, 0.3) is 0 Å². The number of nitrogens with zero attached hydrogens (tertiary/aromatic N) is 3. The van der Waals surface area contributed by atoms with Crippen molar-refractivity contribution in [3.63, 3.8) is 0 Å². The summed E-state index contributed by atoms with van der Waals surface area (Å²) in [7, 11) is 0. The molecule has 6 heteroatoms. The number of hydrogen-bond donors (Lipinski definition) is 3. The van der Waals surface area contributed by atoms with Crippen molar-refractivity contribution in [3.8, 4) is 0 Å². The molecule has 1 fully saturated rings. The van der Waals surface area contributed by atoms with Gasteiger partial charge in [0.1, 0.15) is 17.5 Å². The van der Waals surface area contributed by atoms with Gasteiger partial charge in [-0.3, -0.25) is 0 Å². The number of aliphatic hydroxyl groups excluding tert-OH is 2. The van der Waals surface area contributed by atoms with E-state index in [0.717, 1.165) is 55.4 Å². The summed E-state index contributed by atoms with van der Waals surface area (Å²) in [6.45, 7) is 5.52. The van der Waals surface area contributed by atoms with Crippen LogP contribution in [0.2, 0.25) is 0 Å². The Morgan fingerprint density at radius 3 is 2.70 bits per heavy atom. The molecular formula is C21H28N4O2. The van der Waals surface area contributed by atoms with Crippen molar-refractivity contribution < 1.29 is 10.2 Å². The Morgan fingerprint density at radius 2 is 2.00 bits per heavy atom. The van der Waals surface area contributed by atoms with Gasteiger partial charge in [0, 0.05) is 31.1 Å². The van der Waals surface area contributed by atoms with E-state index in [1.54, 1.807) is 6.92 Å². The molecule has 4 rings (SSSR count). The first kappa shape index (κ1) is 18.2. The zero-order valence-corrected chi connectivity index (χ0v) is 16.0. The van der Waals surface area contributed by atoms with Gasteiger partial charge in [-0.2, -0.15) is 0 Å². The van der Waals surface area contributed by atoms with E-state index in [4.69, 9.17) is 4.98 Å². The summed E-state index contributed by atoms with van der Waals surface area (Å²) < 4.78 is 0. The van der Waals surface area contributed by atoms with E-state index >= 15 is 0 Å². The highest BCUT2D eigenvalue weighted by molar-refractivity contribution is 5.52. The predicted molar refractivity (Wildman–Crippen MR) is 106 cm³/mol. The number of benzene rings is 1. The van der Waals surface area contributed by atoms with Crippen LogP contribution in [0, 0.1) is 0 Å². The topological polar surface area (TPSA) is 81.5 Å². The lowest BCUT2D eigenvalue weighted by Gasteiger charge is -2.31. The lowest BCUT2D eigenvalue weighted by atomic mass is 9.96. The minimum atomic E-state index is -0.432. The molecule has 1 aliphatic heterocycles. The molecule has 0 unspecified atom stereocenters. The van der Waals surface area contributed by atoms with Gasteiger partial charge in [0.15, 0.2) is 0 Å². The van der Waals surface area contributed by atoms with Crippen LogP contribution in [0.15, 0.2) is 24.3 Å². The maximum atomic E-state index is 9.81. The fraction of sp³-hybridized carbons (Fsp3) is 0.524. The van der Waals surface area contributed by atoms with Gasteiger partial charge >= 0.3 is 0 Å². The Hall–Kier alpha value is -2.18. The Kier molecular flexibility index (Phi) is 5.02. The molecule has 2 aromatic rings. The van der Waals surface area contributed by atoms with Gasteiger partial charge in [-0.15, -0.1) is 0 Å². The second-order valence-corrected chi connectivity index (χ2v) is 7.85. The fourth-order valence-corrected chi connectivity index (χ4v) is 3.54. The van der Waals surface area contributed by atoms with E-state index in [1.807, 2.05) is 19.1 Å². The highest BCUT2D eigenvalue weighted by Crippen LogP contribution is 2.39. The van der Waals surface area contributed by atoms with Crippen molar-refractivity contribution in [1.29, 1.82) is 0 Å². The first-order chi connectivity index (χ1) is 13.0. The Morgan fingerprint density at radius 1 is 1.19 bits per heavy atom. The van der Waals surface area contributed by atoms with Crippen molar-refractivity contribution in [2.45, 2.75) is 57.7 Å². The van der Waals surface area contributed by atoms with Gasteiger partial charge in [-0.25, -0.2) is 9.97 Å². The quantitative estimate of drug-likeness (QED) is 0.727. The van der Waals surface area contributed by atoms with Crippen molar-refractivity contribution in [3.05, 3.63) is 46.8 Å². The summed E-state index contributed by atoms with van der Waals surface area (Å²) >= 11 is 0. The molecule has 144 valence electrons. The molecule has 2 atom stereocenters. The van der Waals surface area contributed by atoms with Gasteiger partial charge in [-0.05, 0) is 49.8 Å². The summed E-state index contributed by atoms with van der Waals surface area (Å²) in [4.78, 5) is 11.8. The molecule has 1 aliphatic carbocycles. The molecule has 0 spiro atoms. The molecule has 3 N–H and O–H groups in total. The average molecular weight is 368 g/mol. The van der Waals surface area contributed by atoms with Crippen LogP contribution in [0.4, 0.5) is 11.6 Å². The minimum absolute atomic E-state index is 0.0409. The SMILES string of the molecule is C[C@H](CO)Nc1cc(N2CCc3cc([C@@H](C)O)ccc3C2)nc(C2CC2)n1. The van der Waals surface area contributed by atoms with Crippen LogP contribution < -0.4 is 10.2 Å². The number of nitrogens with one attached hydrogen (secondary N) is 1. The minimum Gasteiger partial charge on any atom is -0.394 e. The molecule has 1 aromatic carbocycles. The summed E-state index contributed by atoms with van der Waals surface area (Å²) in [5.41, 5.74) is 3.58. The van der Waals surface area contributed by atoms with Crippen LogP contribution in [0.5, 0.6) is 0 Å². The Bertz CT molecular complexity index is 820. The van der Waals surface area contributed by atoms with Gasteiger partial charge in [0.05, 0.1) is 12.7 Å². The van der Waals surface area contributed by atoms with E-state index in [1.165, 1.54) is 11.1 Å². The highest BCUT2D eigenvalue weighted by Gasteiger charge is 2.29. The van der Waals surface area contributed by atoms with Gasteiger partial charge in [-0.1, -0.05) is 18.2 Å². The van der Waals surface area contributed by atoms with Crippen LogP contribution in [0.1, 0.15) is 61.2 Å². The van der Waals surface area contributed by atoms with Crippen LogP contribution in [0.25, 0.3) is 0 Å². The molecule has 0 radical (unpaired) electrons. The molecule has 2 aliphatic rings. The zero-order chi connectivity index (χ0) is 19.0. The maximum absolute atomic E-state index is 9.81. The monoisotopic (exact) mass is 368 g/mol. The van der Waals surface area contributed by atoms with Crippen LogP contribution in [0.3, 0.4) is 0 Å². The molecule has 0 bridgehead atoms. The first-order valence-electron chi connectivity index (χ1n) is 9.84. The van der Waals surface area contributed by atoms with Crippen LogP contribution in [-0.2, 0) is 13.0 Å². The predicted octanol–water partition coefficient (Wildman–Crippen LogP) is 2.76. The third-order valence-corrected chi connectivity index (χ3v) is 5.39. The largest absolute Gasteiger partial charge is 0.394 e. The smallest absolute Gasteiger partial charge is 0.136 e. The molecule has 27 heavy (non-hydrogen) atoms. The van der Waals surface area contributed by atoms with Crippen molar-refractivity contribution in [2.24, 2.45) is 0 Å². The Balaban J connectivity index is 1.59. The molecule has 6 nitrogen and oxygen atoms in total. The van der Waals surface area contributed by atoms with E-state index in [-0.39, 0.29) is 12.6 Å². The number of fused-ring (bicyclic) bond motifs is 1. The lowest BCUT2D eigenvalue weighted by Crippen LogP contribution is -2.31. The number of anilines is 2. The number of aromatic nitrogens is 2. The number of aliphatic hydroxyl groups is 2. The van der Waals surface area contributed by atoms with Crippen LogP contribution >= 0.6 is 0 Å². The van der Waals surface area contributed by atoms with Crippen molar-refractivity contribution in [2.75, 3.05) is 23.4 Å². The lowest BCUT2D eigenvalue weighted by molar-refractivity contribution is 0.199. The molecule has 0 saturated heterocycles. The maximum Gasteiger partial charge on any atom is 0.136 e. The van der Waals surface area contributed by atoms with Gasteiger partial charge in [0.2, 0.25) is 0 Å². The van der Waals surface area contributed by atoms with Gasteiger partial charge < -0.3 is 20.4 Å². The third kappa shape index (κ3) is 4.06. The molecule has 2 heterocycles. The van der Waals surface area contributed by atoms with E-state index in [9.17, 15) is 10.2 Å².